The maximum Gasteiger partial charge on any atom is 0.231 e. The van der Waals surface area contributed by atoms with Crippen LogP contribution in [0.3, 0.4) is 0 Å². The Hall–Kier alpha value is -2.79. The Bertz CT molecular complexity index is 917. The van der Waals surface area contributed by atoms with Crippen LogP contribution in [-0.2, 0) is 6.54 Å². The van der Waals surface area contributed by atoms with Crippen LogP contribution in [0.4, 0.5) is 0 Å². The van der Waals surface area contributed by atoms with E-state index in [9.17, 15) is 9.90 Å². The molecule has 0 bridgehead atoms. The van der Waals surface area contributed by atoms with Gasteiger partial charge in [-0.25, -0.2) is 0 Å². The molecule has 2 aromatic rings. The van der Waals surface area contributed by atoms with Crippen molar-refractivity contribution in [2.24, 2.45) is 5.92 Å². The van der Waals surface area contributed by atoms with Crippen LogP contribution < -0.4 is 14.4 Å². The summed E-state index contributed by atoms with van der Waals surface area (Å²) in [6.45, 7) is 5.09. The normalized spacial score (nSPS) is 22.8. The van der Waals surface area contributed by atoms with Gasteiger partial charge in [0, 0.05) is 5.92 Å². The Labute approximate surface area is 165 Å². The van der Waals surface area contributed by atoms with Crippen LogP contribution in [0, 0.1) is 5.92 Å². The number of benzene rings is 2. The third kappa shape index (κ3) is 3.62. The quantitative estimate of drug-likeness (QED) is 0.801. The molecule has 5 heteroatoms. The summed E-state index contributed by atoms with van der Waals surface area (Å²) in [5.41, 5.74) is 2.11. The summed E-state index contributed by atoms with van der Waals surface area (Å²) >= 11 is 0. The number of piperidine rings is 1. The average molecular weight is 380 g/mol. The smallest absolute Gasteiger partial charge is 0.231 e. The number of Topliss-reactive ketones (excluding diaryl/α,β-unsaturated/α-hetero) is 1. The predicted octanol–water partition coefficient (Wildman–Crippen LogP) is 2.83. The monoisotopic (exact) mass is 380 g/mol. The summed E-state index contributed by atoms with van der Waals surface area (Å²) in [6.07, 6.45) is 4.18. The number of methoxy groups -OCH3 is 1. The number of phenols is 1. The van der Waals surface area contributed by atoms with Gasteiger partial charge >= 0.3 is 0 Å². The minimum absolute atomic E-state index is 0.144. The van der Waals surface area contributed by atoms with E-state index in [1.807, 2.05) is 24.3 Å². The van der Waals surface area contributed by atoms with Crippen molar-refractivity contribution < 1.29 is 24.3 Å². The van der Waals surface area contributed by atoms with E-state index in [2.05, 4.69) is 6.92 Å². The van der Waals surface area contributed by atoms with Crippen LogP contribution >= 0.6 is 0 Å². The van der Waals surface area contributed by atoms with Gasteiger partial charge in [-0.2, -0.15) is 0 Å². The fraction of sp³-hybridized carbons (Fsp3) is 0.348. The lowest BCUT2D eigenvalue weighted by molar-refractivity contribution is -0.922. The first-order valence-electron chi connectivity index (χ1n) is 9.82. The van der Waals surface area contributed by atoms with Crippen molar-refractivity contribution in [1.29, 1.82) is 0 Å². The van der Waals surface area contributed by atoms with Crippen molar-refractivity contribution in [1.82, 2.24) is 0 Å². The van der Waals surface area contributed by atoms with Gasteiger partial charge in [0.15, 0.2) is 11.5 Å². The molecule has 2 aliphatic rings. The number of carbonyl (C=O) groups excluding carboxylic acids is 1. The standard InChI is InChI=1S/C23H25NO4/c1-15-4-3-11-24(13-15)14-19-20(25)10-9-18-22(26)21(28-23(18)19)12-16-5-7-17(27-2)8-6-16/h5-10,12,15,25H,3-4,11,13-14H2,1-2H3/p+1/t15-/m1/s1. The summed E-state index contributed by atoms with van der Waals surface area (Å²) in [7, 11) is 1.62. The molecule has 0 spiro atoms. The molecule has 1 unspecified atom stereocenters. The highest BCUT2D eigenvalue weighted by molar-refractivity contribution is 6.14. The lowest BCUT2D eigenvalue weighted by Crippen LogP contribution is -3.12. The number of ether oxygens (including phenoxy) is 2. The molecule has 0 amide bonds. The third-order valence-corrected chi connectivity index (χ3v) is 5.62. The topological polar surface area (TPSA) is 60.2 Å². The summed E-state index contributed by atoms with van der Waals surface area (Å²) in [5, 5.41) is 10.5. The molecule has 4 rings (SSSR count). The predicted molar refractivity (Wildman–Crippen MR) is 107 cm³/mol. The van der Waals surface area contributed by atoms with Gasteiger partial charge < -0.3 is 19.5 Å². The van der Waals surface area contributed by atoms with Gasteiger partial charge in [-0.1, -0.05) is 19.1 Å². The number of fused-ring (bicyclic) bond motifs is 1. The van der Waals surface area contributed by atoms with Gasteiger partial charge in [-0.05, 0) is 48.7 Å². The number of likely N-dealkylation sites (tertiary alicyclic amines) is 1. The molecule has 2 aliphatic heterocycles. The first-order valence-corrected chi connectivity index (χ1v) is 9.82. The molecule has 0 aromatic heterocycles. The Morgan fingerprint density at radius 3 is 2.75 bits per heavy atom. The molecule has 0 radical (unpaired) electrons. The first kappa shape index (κ1) is 18.6. The number of nitrogens with one attached hydrogen (secondary N) is 1. The Kier molecular flexibility index (Phi) is 5.09. The second-order valence-corrected chi connectivity index (χ2v) is 7.78. The third-order valence-electron chi connectivity index (χ3n) is 5.62. The molecular weight excluding hydrogens is 354 g/mol. The number of aromatic hydroxyl groups is 1. The number of ketones is 1. The van der Waals surface area contributed by atoms with Crippen molar-refractivity contribution in [3.05, 3.63) is 58.8 Å². The molecule has 28 heavy (non-hydrogen) atoms. The lowest BCUT2D eigenvalue weighted by atomic mass is 9.99. The summed E-state index contributed by atoms with van der Waals surface area (Å²) in [6, 6.07) is 10.7. The summed E-state index contributed by atoms with van der Waals surface area (Å²) in [5.74, 6) is 2.28. The number of allylic oxidation sites excluding steroid dienone is 1. The van der Waals surface area contributed by atoms with E-state index < -0.39 is 0 Å². The van der Waals surface area contributed by atoms with Gasteiger partial charge in [0.1, 0.15) is 18.0 Å². The van der Waals surface area contributed by atoms with E-state index in [1.54, 1.807) is 25.3 Å². The van der Waals surface area contributed by atoms with E-state index >= 15 is 0 Å². The second kappa shape index (κ2) is 7.68. The van der Waals surface area contributed by atoms with Crippen LogP contribution in [0.5, 0.6) is 17.2 Å². The molecule has 1 fully saturated rings. The summed E-state index contributed by atoms with van der Waals surface area (Å²) in [4.78, 5) is 14.2. The maximum atomic E-state index is 12.8. The van der Waals surface area contributed by atoms with Crippen molar-refractivity contribution in [2.45, 2.75) is 26.3 Å². The van der Waals surface area contributed by atoms with Gasteiger partial charge in [0.25, 0.3) is 0 Å². The highest BCUT2D eigenvalue weighted by Crippen LogP contribution is 2.39. The zero-order valence-corrected chi connectivity index (χ0v) is 16.3. The molecule has 2 atom stereocenters. The van der Waals surface area contributed by atoms with Crippen LogP contribution in [0.15, 0.2) is 42.2 Å². The largest absolute Gasteiger partial charge is 0.507 e. The average Bonchev–Trinajstić information content (AvgIpc) is 3.01. The number of phenolic OH excluding ortho intramolecular Hbond substituents is 1. The maximum absolute atomic E-state index is 12.8. The number of quaternary nitrogens is 1. The van der Waals surface area contributed by atoms with Crippen LogP contribution in [0.25, 0.3) is 6.08 Å². The van der Waals surface area contributed by atoms with Gasteiger partial charge in [-0.15, -0.1) is 0 Å². The van der Waals surface area contributed by atoms with Crippen LogP contribution in [0.2, 0.25) is 0 Å². The molecule has 2 aromatic carbocycles. The van der Waals surface area contributed by atoms with E-state index in [0.29, 0.717) is 23.8 Å². The van der Waals surface area contributed by atoms with Crippen LogP contribution in [0.1, 0.15) is 41.3 Å². The molecule has 1 saturated heterocycles. The zero-order valence-electron chi connectivity index (χ0n) is 16.3. The fourth-order valence-electron chi connectivity index (χ4n) is 4.13. The van der Waals surface area contributed by atoms with Gasteiger partial charge in [0.2, 0.25) is 5.78 Å². The van der Waals surface area contributed by atoms with Gasteiger partial charge in [0.05, 0.1) is 31.3 Å². The molecule has 2 heterocycles. The Balaban J connectivity index is 1.61. The fourth-order valence-corrected chi connectivity index (χ4v) is 4.13. The second-order valence-electron chi connectivity index (χ2n) is 7.78. The van der Waals surface area contributed by atoms with Crippen LogP contribution in [-0.4, -0.2) is 31.1 Å². The molecule has 0 saturated carbocycles. The zero-order chi connectivity index (χ0) is 19.7. The van der Waals surface area contributed by atoms with Crippen molar-refractivity contribution >= 4 is 11.9 Å². The van der Waals surface area contributed by atoms with E-state index in [4.69, 9.17) is 9.47 Å². The molecule has 146 valence electrons. The van der Waals surface area contributed by atoms with Crippen molar-refractivity contribution in [3.8, 4) is 17.2 Å². The van der Waals surface area contributed by atoms with E-state index in [0.717, 1.165) is 30.0 Å². The summed E-state index contributed by atoms with van der Waals surface area (Å²) < 4.78 is 11.1. The first-order chi connectivity index (χ1) is 13.5. The molecule has 2 N–H and O–H groups in total. The SMILES string of the molecule is COc1ccc(C=C2Oc3c(ccc(O)c3C[NH+]3CCC[C@@H](C)C3)C2=O)cc1. The Morgan fingerprint density at radius 1 is 1.25 bits per heavy atom. The highest BCUT2D eigenvalue weighted by Gasteiger charge is 2.33. The lowest BCUT2D eigenvalue weighted by Gasteiger charge is -2.28. The highest BCUT2D eigenvalue weighted by atomic mass is 16.5. The van der Waals surface area contributed by atoms with E-state index in [1.165, 1.54) is 17.7 Å². The number of hydrogen-bond donors (Lipinski definition) is 2. The minimum Gasteiger partial charge on any atom is -0.507 e. The van der Waals surface area contributed by atoms with Crippen molar-refractivity contribution in [2.75, 3.05) is 20.2 Å². The van der Waals surface area contributed by atoms with E-state index in [-0.39, 0.29) is 17.3 Å². The molecule has 0 aliphatic carbocycles. The number of hydrogen-bond acceptors (Lipinski definition) is 4. The molecular formula is C23H26NO4+. The number of rotatable bonds is 4. The van der Waals surface area contributed by atoms with Gasteiger partial charge in [-0.3, -0.25) is 4.79 Å². The molecule has 5 nitrogen and oxygen atoms in total. The Morgan fingerprint density at radius 2 is 2.04 bits per heavy atom. The number of carbonyl (C=O) groups is 1. The van der Waals surface area contributed by atoms with Crippen molar-refractivity contribution in [3.63, 3.8) is 0 Å². The minimum atomic E-state index is -0.144.